The fourth-order valence-electron chi connectivity index (χ4n) is 2.54. The van der Waals surface area contributed by atoms with Crippen LogP contribution in [0.2, 0.25) is 0 Å². The molecule has 4 heteroatoms. The molecule has 1 aliphatic heterocycles. The summed E-state index contributed by atoms with van der Waals surface area (Å²) in [4.78, 5) is 6.80. The number of rotatable bonds is 4. The predicted molar refractivity (Wildman–Crippen MR) is 69.8 cm³/mol. The maximum absolute atomic E-state index is 4.20. The van der Waals surface area contributed by atoms with E-state index in [0.29, 0.717) is 12.1 Å². The highest BCUT2D eigenvalue weighted by atomic mass is 15.2. The molecular weight excluding hydrogens is 212 g/mol. The largest absolute Gasteiger partial charge is 0.337 e. The molecule has 1 N–H and O–H groups in total. The number of aryl methyl sites for hydroxylation is 1. The van der Waals surface area contributed by atoms with Crippen LogP contribution in [0.15, 0.2) is 12.5 Å². The molecule has 4 nitrogen and oxygen atoms in total. The van der Waals surface area contributed by atoms with Crippen LogP contribution < -0.4 is 5.32 Å². The van der Waals surface area contributed by atoms with E-state index in [4.69, 9.17) is 0 Å². The van der Waals surface area contributed by atoms with Gasteiger partial charge in [0.1, 0.15) is 0 Å². The van der Waals surface area contributed by atoms with Crippen molar-refractivity contribution in [1.82, 2.24) is 19.8 Å². The molecule has 0 saturated carbocycles. The molecule has 2 heterocycles. The van der Waals surface area contributed by atoms with Crippen LogP contribution >= 0.6 is 0 Å². The Labute approximate surface area is 104 Å². The Balaban J connectivity index is 2.03. The average molecular weight is 236 g/mol. The summed E-state index contributed by atoms with van der Waals surface area (Å²) < 4.78 is 2.12. The van der Waals surface area contributed by atoms with E-state index in [1.807, 2.05) is 12.5 Å². The van der Waals surface area contributed by atoms with Gasteiger partial charge in [0.25, 0.3) is 0 Å². The minimum absolute atomic E-state index is 0.644. The third-order valence-electron chi connectivity index (χ3n) is 3.86. The van der Waals surface area contributed by atoms with E-state index < -0.39 is 0 Å². The topological polar surface area (TPSA) is 33.1 Å². The normalized spacial score (nSPS) is 26.3. The lowest BCUT2D eigenvalue weighted by molar-refractivity contribution is 0.115. The molecule has 1 aliphatic rings. The van der Waals surface area contributed by atoms with Crippen LogP contribution in [-0.4, -0.2) is 39.6 Å². The average Bonchev–Trinajstić information content (AvgIpc) is 2.75. The highest BCUT2D eigenvalue weighted by Gasteiger charge is 2.26. The van der Waals surface area contributed by atoms with Crippen LogP contribution in [0, 0.1) is 0 Å². The molecule has 2 rings (SSSR count). The molecule has 1 fully saturated rings. The smallest absolute Gasteiger partial charge is 0.0945 e. The second kappa shape index (κ2) is 5.65. The first kappa shape index (κ1) is 12.6. The lowest BCUT2D eigenvalue weighted by Crippen LogP contribution is -2.55. The van der Waals surface area contributed by atoms with Crippen molar-refractivity contribution in [2.24, 2.45) is 7.05 Å². The zero-order valence-corrected chi connectivity index (χ0v) is 11.2. The van der Waals surface area contributed by atoms with Gasteiger partial charge < -0.3 is 9.88 Å². The summed E-state index contributed by atoms with van der Waals surface area (Å²) in [6.07, 6.45) is 6.28. The molecule has 0 bridgehead atoms. The molecule has 0 amide bonds. The van der Waals surface area contributed by atoms with Crippen LogP contribution in [0.25, 0.3) is 0 Å². The zero-order valence-electron chi connectivity index (χ0n) is 11.2. The SMILES string of the molecule is CCC1CN(Cc2cncn2C)C(CC)CN1. The first-order valence-electron chi connectivity index (χ1n) is 6.67. The fourth-order valence-corrected chi connectivity index (χ4v) is 2.54. The fraction of sp³-hybridized carbons (Fsp3) is 0.769. The highest BCUT2D eigenvalue weighted by molar-refractivity contribution is 4.99. The molecule has 2 atom stereocenters. The van der Waals surface area contributed by atoms with Crippen molar-refractivity contribution in [3.63, 3.8) is 0 Å². The lowest BCUT2D eigenvalue weighted by Gasteiger charge is -2.39. The van der Waals surface area contributed by atoms with Gasteiger partial charge in [0, 0.05) is 45.0 Å². The predicted octanol–water partition coefficient (Wildman–Crippen LogP) is 1.38. The summed E-state index contributed by atoms with van der Waals surface area (Å²) in [6, 6.07) is 1.30. The third-order valence-corrected chi connectivity index (χ3v) is 3.86. The summed E-state index contributed by atoms with van der Waals surface area (Å²) in [7, 11) is 2.07. The summed E-state index contributed by atoms with van der Waals surface area (Å²) in [5.41, 5.74) is 1.31. The Morgan fingerprint density at radius 1 is 1.41 bits per heavy atom. The van der Waals surface area contributed by atoms with Gasteiger partial charge in [0.2, 0.25) is 0 Å². The molecule has 0 aliphatic carbocycles. The summed E-state index contributed by atoms with van der Waals surface area (Å²) >= 11 is 0. The van der Waals surface area contributed by atoms with Crippen molar-refractivity contribution in [2.75, 3.05) is 13.1 Å². The summed E-state index contributed by atoms with van der Waals surface area (Å²) in [5.74, 6) is 0. The van der Waals surface area contributed by atoms with Crippen molar-refractivity contribution in [1.29, 1.82) is 0 Å². The molecule has 1 aromatic rings. The van der Waals surface area contributed by atoms with Gasteiger partial charge in [-0.3, -0.25) is 4.90 Å². The first-order valence-corrected chi connectivity index (χ1v) is 6.67. The minimum Gasteiger partial charge on any atom is -0.337 e. The number of piperazine rings is 1. The maximum Gasteiger partial charge on any atom is 0.0945 e. The molecule has 1 saturated heterocycles. The number of imidazole rings is 1. The van der Waals surface area contributed by atoms with Gasteiger partial charge in [-0.15, -0.1) is 0 Å². The Hall–Kier alpha value is -0.870. The number of aromatic nitrogens is 2. The van der Waals surface area contributed by atoms with Gasteiger partial charge >= 0.3 is 0 Å². The van der Waals surface area contributed by atoms with Crippen molar-refractivity contribution >= 4 is 0 Å². The number of hydrogen-bond acceptors (Lipinski definition) is 3. The van der Waals surface area contributed by atoms with Crippen LogP contribution in [0.3, 0.4) is 0 Å². The van der Waals surface area contributed by atoms with E-state index in [1.165, 1.54) is 18.5 Å². The second-order valence-corrected chi connectivity index (χ2v) is 5.00. The molecule has 0 aromatic carbocycles. The molecule has 2 unspecified atom stereocenters. The molecule has 17 heavy (non-hydrogen) atoms. The molecule has 0 radical (unpaired) electrons. The Morgan fingerprint density at radius 2 is 2.24 bits per heavy atom. The molecule has 1 aromatic heterocycles. The molecular formula is C13H24N4. The van der Waals surface area contributed by atoms with Crippen molar-refractivity contribution in [3.8, 4) is 0 Å². The van der Waals surface area contributed by atoms with Gasteiger partial charge in [-0.1, -0.05) is 13.8 Å². The van der Waals surface area contributed by atoms with E-state index in [9.17, 15) is 0 Å². The van der Waals surface area contributed by atoms with Crippen LogP contribution in [-0.2, 0) is 13.6 Å². The minimum atomic E-state index is 0.644. The molecule has 96 valence electrons. The second-order valence-electron chi connectivity index (χ2n) is 5.00. The standard InChI is InChI=1S/C13H24N4/c1-4-11-8-17(12(5-2)7-15-11)9-13-6-14-10-16(13)3/h6,10-12,15H,4-5,7-9H2,1-3H3. The van der Waals surface area contributed by atoms with Crippen LogP contribution in [0.1, 0.15) is 32.4 Å². The third kappa shape index (κ3) is 2.87. The summed E-state index contributed by atoms with van der Waals surface area (Å²) in [5, 5.41) is 3.63. The zero-order chi connectivity index (χ0) is 12.3. The van der Waals surface area contributed by atoms with Gasteiger partial charge in [0.05, 0.1) is 12.0 Å². The van der Waals surface area contributed by atoms with Gasteiger partial charge in [-0.05, 0) is 12.8 Å². The number of hydrogen-bond donors (Lipinski definition) is 1. The quantitative estimate of drug-likeness (QED) is 0.857. The van der Waals surface area contributed by atoms with E-state index in [0.717, 1.165) is 19.6 Å². The first-order chi connectivity index (χ1) is 8.24. The van der Waals surface area contributed by atoms with Gasteiger partial charge in [-0.25, -0.2) is 4.98 Å². The number of nitrogens with zero attached hydrogens (tertiary/aromatic N) is 3. The Bertz CT molecular complexity index is 347. The molecule has 0 spiro atoms. The van der Waals surface area contributed by atoms with Crippen molar-refractivity contribution in [2.45, 2.75) is 45.3 Å². The van der Waals surface area contributed by atoms with E-state index in [2.05, 4.69) is 40.7 Å². The Kier molecular flexibility index (Phi) is 4.18. The Morgan fingerprint density at radius 3 is 2.82 bits per heavy atom. The summed E-state index contributed by atoms with van der Waals surface area (Å²) in [6.45, 7) is 7.82. The monoisotopic (exact) mass is 236 g/mol. The van der Waals surface area contributed by atoms with Gasteiger partial charge in [0.15, 0.2) is 0 Å². The van der Waals surface area contributed by atoms with Crippen molar-refractivity contribution < 1.29 is 0 Å². The lowest BCUT2D eigenvalue weighted by atomic mass is 10.1. The van der Waals surface area contributed by atoms with E-state index in [-0.39, 0.29) is 0 Å². The van der Waals surface area contributed by atoms with Gasteiger partial charge in [-0.2, -0.15) is 0 Å². The number of nitrogens with one attached hydrogen (secondary N) is 1. The van der Waals surface area contributed by atoms with Crippen LogP contribution in [0.4, 0.5) is 0 Å². The van der Waals surface area contributed by atoms with E-state index in [1.54, 1.807) is 0 Å². The van der Waals surface area contributed by atoms with Crippen LogP contribution in [0.5, 0.6) is 0 Å². The maximum atomic E-state index is 4.20. The highest BCUT2D eigenvalue weighted by Crippen LogP contribution is 2.15. The van der Waals surface area contributed by atoms with Crippen molar-refractivity contribution in [3.05, 3.63) is 18.2 Å². The van der Waals surface area contributed by atoms with E-state index >= 15 is 0 Å².